The van der Waals surface area contributed by atoms with E-state index in [0.717, 1.165) is 26.2 Å². The van der Waals surface area contributed by atoms with Crippen molar-refractivity contribution in [3.8, 4) is 5.75 Å². The molecular formula is C13H19ClF2N2O. The summed E-state index contributed by atoms with van der Waals surface area (Å²) in [5.74, 6) is -1.02. The third-order valence-corrected chi connectivity index (χ3v) is 3.43. The summed E-state index contributed by atoms with van der Waals surface area (Å²) < 4.78 is 32.9. The van der Waals surface area contributed by atoms with E-state index < -0.39 is 11.6 Å². The van der Waals surface area contributed by atoms with Crippen LogP contribution in [0.15, 0.2) is 12.1 Å². The number of nitrogens with zero attached hydrogens (tertiary/aromatic N) is 1. The Bertz CT molecular complexity index is 425. The van der Waals surface area contributed by atoms with E-state index in [-0.39, 0.29) is 29.8 Å². The minimum absolute atomic E-state index is 0. The van der Waals surface area contributed by atoms with Crippen molar-refractivity contribution in [3.05, 3.63) is 29.3 Å². The third kappa shape index (κ3) is 3.35. The predicted molar refractivity (Wildman–Crippen MR) is 73.0 cm³/mol. The minimum Gasteiger partial charge on any atom is -0.494 e. The number of hydrogen-bond acceptors (Lipinski definition) is 3. The van der Waals surface area contributed by atoms with Gasteiger partial charge in [-0.05, 0) is 19.1 Å². The molecule has 0 spiro atoms. The van der Waals surface area contributed by atoms with E-state index in [4.69, 9.17) is 4.74 Å². The molecule has 0 saturated carbocycles. The maximum absolute atomic E-state index is 14.1. The molecule has 1 heterocycles. The summed E-state index contributed by atoms with van der Waals surface area (Å²) in [5.41, 5.74) is 0.0938. The molecule has 0 amide bonds. The normalized spacial score (nSPS) is 17.7. The van der Waals surface area contributed by atoms with Crippen molar-refractivity contribution >= 4 is 12.4 Å². The summed E-state index contributed by atoms with van der Waals surface area (Å²) in [4.78, 5) is 2.07. The van der Waals surface area contributed by atoms with Crippen LogP contribution in [0.25, 0.3) is 0 Å². The maximum atomic E-state index is 14.1. The van der Waals surface area contributed by atoms with Crippen LogP contribution in [0, 0.1) is 11.6 Å². The van der Waals surface area contributed by atoms with Crippen LogP contribution in [-0.2, 0) is 0 Å². The molecule has 1 aliphatic heterocycles. The van der Waals surface area contributed by atoms with Crippen molar-refractivity contribution in [2.45, 2.75) is 13.0 Å². The number of halogens is 3. The van der Waals surface area contributed by atoms with Gasteiger partial charge in [0.15, 0.2) is 11.6 Å². The fourth-order valence-electron chi connectivity index (χ4n) is 2.34. The van der Waals surface area contributed by atoms with Crippen molar-refractivity contribution in [1.29, 1.82) is 0 Å². The number of nitrogens with one attached hydrogen (secondary N) is 1. The fourth-order valence-corrected chi connectivity index (χ4v) is 2.34. The van der Waals surface area contributed by atoms with Gasteiger partial charge in [0.05, 0.1) is 7.11 Å². The van der Waals surface area contributed by atoms with Gasteiger partial charge in [0.1, 0.15) is 5.82 Å². The van der Waals surface area contributed by atoms with Gasteiger partial charge in [-0.2, -0.15) is 0 Å². The fraction of sp³-hybridized carbons (Fsp3) is 0.538. The Hall–Kier alpha value is -0.910. The summed E-state index contributed by atoms with van der Waals surface area (Å²) in [6.07, 6.45) is 0. The second-order valence-corrected chi connectivity index (χ2v) is 4.44. The summed E-state index contributed by atoms with van der Waals surface area (Å²) in [7, 11) is 1.38. The first-order chi connectivity index (χ1) is 8.65. The molecule has 1 aromatic carbocycles. The third-order valence-electron chi connectivity index (χ3n) is 3.43. The van der Waals surface area contributed by atoms with Crippen LogP contribution in [0.2, 0.25) is 0 Å². The molecule has 6 heteroatoms. The van der Waals surface area contributed by atoms with Crippen molar-refractivity contribution < 1.29 is 13.5 Å². The first-order valence-corrected chi connectivity index (χ1v) is 6.11. The van der Waals surface area contributed by atoms with Gasteiger partial charge in [0.2, 0.25) is 0 Å². The average molecular weight is 293 g/mol. The van der Waals surface area contributed by atoms with Gasteiger partial charge in [0.25, 0.3) is 0 Å². The van der Waals surface area contributed by atoms with Gasteiger partial charge >= 0.3 is 0 Å². The quantitative estimate of drug-likeness (QED) is 0.926. The van der Waals surface area contributed by atoms with E-state index in [1.807, 2.05) is 6.92 Å². The van der Waals surface area contributed by atoms with Crippen LogP contribution in [0.1, 0.15) is 18.5 Å². The van der Waals surface area contributed by atoms with E-state index >= 15 is 0 Å². The van der Waals surface area contributed by atoms with Gasteiger partial charge in [-0.1, -0.05) is 0 Å². The molecule has 0 unspecified atom stereocenters. The number of methoxy groups -OCH3 is 1. The van der Waals surface area contributed by atoms with E-state index in [1.165, 1.54) is 19.2 Å². The Morgan fingerprint density at radius 3 is 2.47 bits per heavy atom. The molecule has 1 atom stereocenters. The summed E-state index contributed by atoms with van der Waals surface area (Å²) >= 11 is 0. The molecule has 19 heavy (non-hydrogen) atoms. The lowest BCUT2D eigenvalue weighted by atomic mass is 10.0. The number of hydrogen-bond donors (Lipinski definition) is 1. The first kappa shape index (κ1) is 16.1. The largest absolute Gasteiger partial charge is 0.494 e. The summed E-state index contributed by atoms with van der Waals surface area (Å²) in [5, 5.41) is 3.22. The molecule has 1 saturated heterocycles. The Kier molecular flexibility index (Phi) is 5.97. The number of benzene rings is 1. The highest BCUT2D eigenvalue weighted by molar-refractivity contribution is 5.85. The number of piperazine rings is 1. The second-order valence-electron chi connectivity index (χ2n) is 4.44. The maximum Gasteiger partial charge on any atom is 0.172 e. The first-order valence-electron chi connectivity index (χ1n) is 6.11. The Morgan fingerprint density at radius 2 is 1.89 bits per heavy atom. The number of rotatable bonds is 3. The molecular weight excluding hydrogens is 274 g/mol. The zero-order valence-electron chi connectivity index (χ0n) is 11.1. The molecule has 1 N–H and O–H groups in total. The lowest BCUT2D eigenvalue weighted by Gasteiger charge is -2.33. The highest BCUT2D eigenvalue weighted by Gasteiger charge is 2.25. The predicted octanol–water partition coefficient (Wildman–Crippen LogP) is 2.36. The van der Waals surface area contributed by atoms with Crippen LogP contribution >= 0.6 is 12.4 Å². The lowest BCUT2D eigenvalue weighted by molar-refractivity contribution is 0.178. The van der Waals surface area contributed by atoms with E-state index in [0.29, 0.717) is 0 Å². The lowest BCUT2D eigenvalue weighted by Crippen LogP contribution is -2.44. The van der Waals surface area contributed by atoms with Crippen LogP contribution in [0.5, 0.6) is 5.75 Å². The van der Waals surface area contributed by atoms with E-state index in [1.54, 1.807) is 0 Å². The second kappa shape index (κ2) is 7.03. The summed E-state index contributed by atoms with van der Waals surface area (Å²) in [6.45, 7) is 5.09. The Labute approximate surface area is 118 Å². The highest BCUT2D eigenvalue weighted by Crippen LogP contribution is 2.30. The van der Waals surface area contributed by atoms with Gasteiger partial charge in [-0.3, -0.25) is 4.90 Å². The van der Waals surface area contributed by atoms with Gasteiger partial charge in [0, 0.05) is 37.8 Å². The molecule has 0 aromatic heterocycles. The van der Waals surface area contributed by atoms with Gasteiger partial charge < -0.3 is 10.1 Å². The molecule has 108 valence electrons. The van der Waals surface area contributed by atoms with Gasteiger partial charge in [-0.25, -0.2) is 8.78 Å². The van der Waals surface area contributed by atoms with Crippen molar-refractivity contribution in [2.24, 2.45) is 0 Å². The van der Waals surface area contributed by atoms with Crippen molar-refractivity contribution in [3.63, 3.8) is 0 Å². The molecule has 1 aromatic rings. The SMILES string of the molecule is COc1ccc(F)c([C@@H](C)N2CCNCC2)c1F.Cl. The van der Waals surface area contributed by atoms with Crippen LogP contribution in [0.3, 0.4) is 0 Å². The minimum atomic E-state index is -0.594. The smallest absolute Gasteiger partial charge is 0.172 e. The summed E-state index contributed by atoms with van der Waals surface area (Å²) in [6, 6.07) is 2.29. The molecule has 1 aliphatic rings. The molecule has 1 fully saturated rings. The van der Waals surface area contributed by atoms with Crippen LogP contribution < -0.4 is 10.1 Å². The zero-order valence-corrected chi connectivity index (χ0v) is 11.9. The monoisotopic (exact) mass is 292 g/mol. The standard InChI is InChI=1S/C13H18F2N2O.ClH/c1-9(17-7-5-16-6-8-17)12-10(14)3-4-11(18-2)13(12)15;/h3-4,9,16H,5-8H2,1-2H3;1H/t9-;/m1./s1. The molecule has 0 aliphatic carbocycles. The average Bonchev–Trinajstić information content (AvgIpc) is 2.40. The zero-order chi connectivity index (χ0) is 13.1. The van der Waals surface area contributed by atoms with Crippen LogP contribution in [0.4, 0.5) is 8.78 Å². The molecule has 0 radical (unpaired) electrons. The Morgan fingerprint density at radius 1 is 1.26 bits per heavy atom. The number of ether oxygens (including phenoxy) is 1. The van der Waals surface area contributed by atoms with Crippen molar-refractivity contribution in [2.75, 3.05) is 33.3 Å². The van der Waals surface area contributed by atoms with E-state index in [2.05, 4.69) is 10.2 Å². The molecule has 0 bridgehead atoms. The van der Waals surface area contributed by atoms with E-state index in [9.17, 15) is 8.78 Å². The highest BCUT2D eigenvalue weighted by atomic mass is 35.5. The molecule has 3 nitrogen and oxygen atoms in total. The molecule has 2 rings (SSSR count). The Balaban J connectivity index is 0.00000180. The van der Waals surface area contributed by atoms with Crippen LogP contribution in [-0.4, -0.2) is 38.2 Å². The topological polar surface area (TPSA) is 24.5 Å². The van der Waals surface area contributed by atoms with Gasteiger partial charge in [-0.15, -0.1) is 12.4 Å². The van der Waals surface area contributed by atoms with Crippen molar-refractivity contribution in [1.82, 2.24) is 10.2 Å².